The Kier molecular flexibility index (Phi) is 6.04. The van der Waals surface area contributed by atoms with E-state index >= 15 is 0 Å². The molecule has 2 atom stereocenters. The normalized spacial score (nSPS) is 15.0. The quantitative estimate of drug-likeness (QED) is 0.811. The molecule has 2 N–H and O–H groups in total. The maximum Gasteiger partial charge on any atom is 0.0178 e. The third-order valence-corrected chi connectivity index (χ3v) is 4.88. The summed E-state index contributed by atoms with van der Waals surface area (Å²) in [6.07, 6.45) is 0.937. The number of rotatable bonds is 5. The zero-order chi connectivity index (χ0) is 13.0. The highest BCUT2D eigenvalue weighted by Gasteiger charge is 2.12. The second kappa shape index (κ2) is 6.81. The summed E-state index contributed by atoms with van der Waals surface area (Å²) >= 11 is 5.48. The van der Waals surface area contributed by atoms with Crippen LogP contribution in [0.5, 0.6) is 0 Å². The molecule has 0 amide bonds. The van der Waals surface area contributed by atoms with Gasteiger partial charge in [0.1, 0.15) is 0 Å². The van der Waals surface area contributed by atoms with Gasteiger partial charge in [-0.25, -0.2) is 0 Å². The summed E-state index contributed by atoms with van der Waals surface area (Å²) in [5.41, 5.74) is 7.26. The predicted molar refractivity (Wildman–Crippen MR) is 81.7 cm³/mol. The van der Waals surface area contributed by atoms with Crippen LogP contribution in [0.25, 0.3) is 0 Å². The van der Waals surface area contributed by atoms with Gasteiger partial charge in [-0.05, 0) is 43.0 Å². The highest BCUT2D eigenvalue weighted by Crippen LogP contribution is 2.32. The standard InChI is InChI=1S/C14H22BrNS/c1-9(2)11(4)17-14-6-5-13(15)8-12(14)7-10(3)16/h5-6,8-11H,7,16H2,1-4H3. The minimum Gasteiger partial charge on any atom is -0.328 e. The molecule has 0 saturated carbocycles. The summed E-state index contributed by atoms with van der Waals surface area (Å²) in [4.78, 5) is 1.37. The van der Waals surface area contributed by atoms with Crippen molar-refractivity contribution in [2.75, 3.05) is 0 Å². The second-order valence-corrected chi connectivity index (χ2v) is 7.34. The average molecular weight is 316 g/mol. The van der Waals surface area contributed by atoms with Crippen LogP contribution in [0.4, 0.5) is 0 Å². The molecule has 1 nitrogen and oxygen atoms in total. The molecule has 0 aliphatic heterocycles. The van der Waals surface area contributed by atoms with E-state index < -0.39 is 0 Å². The smallest absolute Gasteiger partial charge is 0.0178 e. The Balaban J connectivity index is 2.89. The Labute approximate surface area is 118 Å². The van der Waals surface area contributed by atoms with Crippen LogP contribution in [0.2, 0.25) is 0 Å². The molecule has 0 heterocycles. The molecule has 96 valence electrons. The van der Waals surface area contributed by atoms with Gasteiger partial charge in [-0.2, -0.15) is 0 Å². The van der Waals surface area contributed by atoms with E-state index in [-0.39, 0.29) is 6.04 Å². The summed E-state index contributed by atoms with van der Waals surface area (Å²) in [6.45, 7) is 8.87. The number of benzene rings is 1. The molecule has 0 aromatic heterocycles. The van der Waals surface area contributed by atoms with E-state index in [1.807, 2.05) is 11.8 Å². The van der Waals surface area contributed by atoms with Crippen molar-refractivity contribution in [3.63, 3.8) is 0 Å². The molecule has 0 saturated heterocycles. The number of hydrogen-bond acceptors (Lipinski definition) is 2. The van der Waals surface area contributed by atoms with Crippen molar-refractivity contribution in [1.82, 2.24) is 0 Å². The van der Waals surface area contributed by atoms with E-state index in [9.17, 15) is 0 Å². The zero-order valence-electron chi connectivity index (χ0n) is 11.0. The van der Waals surface area contributed by atoms with Crippen molar-refractivity contribution in [1.29, 1.82) is 0 Å². The lowest BCUT2D eigenvalue weighted by Gasteiger charge is -2.18. The topological polar surface area (TPSA) is 26.0 Å². The minimum absolute atomic E-state index is 0.206. The van der Waals surface area contributed by atoms with Crippen LogP contribution in [-0.4, -0.2) is 11.3 Å². The van der Waals surface area contributed by atoms with E-state index in [1.54, 1.807) is 0 Å². The van der Waals surface area contributed by atoms with Gasteiger partial charge < -0.3 is 5.73 Å². The molecule has 1 rings (SSSR count). The lowest BCUT2D eigenvalue weighted by atomic mass is 10.1. The summed E-state index contributed by atoms with van der Waals surface area (Å²) in [5.74, 6) is 0.687. The fourth-order valence-electron chi connectivity index (χ4n) is 1.51. The maximum atomic E-state index is 5.91. The molecule has 1 aromatic rings. The minimum atomic E-state index is 0.206. The Bertz CT molecular complexity index is 363. The largest absolute Gasteiger partial charge is 0.328 e. The SMILES string of the molecule is CC(N)Cc1cc(Br)ccc1SC(C)C(C)C. The van der Waals surface area contributed by atoms with Crippen molar-refractivity contribution in [2.24, 2.45) is 11.7 Å². The molecular weight excluding hydrogens is 294 g/mol. The molecule has 0 spiro atoms. The van der Waals surface area contributed by atoms with Crippen LogP contribution in [-0.2, 0) is 6.42 Å². The Morgan fingerprint density at radius 1 is 1.24 bits per heavy atom. The summed E-state index contributed by atoms with van der Waals surface area (Å²) in [6, 6.07) is 6.71. The van der Waals surface area contributed by atoms with Crippen molar-refractivity contribution in [3.8, 4) is 0 Å². The molecule has 0 aliphatic carbocycles. The number of nitrogens with two attached hydrogens (primary N) is 1. The van der Waals surface area contributed by atoms with Crippen molar-refractivity contribution >= 4 is 27.7 Å². The molecule has 2 unspecified atom stereocenters. The van der Waals surface area contributed by atoms with Gasteiger partial charge in [0.2, 0.25) is 0 Å². The van der Waals surface area contributed by atoms with Gasteiger partial charge in [0.15, 0.2) is 0 Å². The van der Waals surface area contributed by atoms with Gasteiger partial charge in [0, 0.05) is 20.7 Å². The molecule has 1 aromatic carbocycles. The van der Waals surface area contributed by atoms with E-state index in [4.69, 9.17) is 5.73 Å². The van der Waals surface area contributed by atoms with Gasteiger partial charge in [-0.3, -0.25) is 0 Å². The van der Waals surface area contributed by atoms with E-state index in [0.717, 1.165) is 10.9 Å². The first-order valence-electron chi connectivity index (χ1n) is 6.10. The fraction of sp³-hybridized carbons (Fsp3) is 0.571. The average Bonchev–Trinajstić information content (AvgIpc) is 2.20. The van der Waals surface area contributed by atoms with E-state index in [0.29, 0.717) is 11.2 Å². The molecule has 0 fully saturated rings. The number of thioether (sulfide) groups is 1. The number of hydrogen-bond donors (Lipinski definition) is 1. The highest BCUT2D eigenvalue weighted by molar-refractivity contribution is 9.10. The van der Waals surface area contributed by atoms with E-state index in [1.165, 1.54) is 10.5 Å². The van der Waals surface area contributed by atoms with Crippen LogP contribution in [0.1, 0.15) is 33.3 Å². The van der Waals surface area contributed by atoms with Crippen LogP contribution in [0.15, 0.2) is 27.6 Å². The van der Waals surface area contributed by atoms with Gasteiger partial charge in [-0.15, -0.1) is 11.8 Å². The van der Waals surface area contributed by atoms with Crippen molar-refractivity contribution in [2.45, 2.75) is 50.3 Å². The number of halogens is 1. The first-order chi connectivity index (χ1) is 7.90. The van der Waals surface area contributed by atoms with Gasteiger partial charge in [-0.1, -0.05) is 36.7 Å². The second-order valence-electron chi connectivity index (χ2n) is 5.00. The lowest BCUT2D eigenvalue weighted by Crippen LogP contribution is -2.18. The first-order valence-corrected chi connectivity index (χ1v) is 7.78. The third kappa shape index (κ3) is 5.02. The summed E-state index contributed by atoms with van der Waals surface area (Å²) < 4.78 is 1.13. The van der Waals surface area contributed by atoms with Crippen LogP contribution in [0, 0.1) is 5.92 Å². The van der Waals surface area contributed by atoms with Gasteiger partial charge in [0.05, 0.1) is 0 Å². The predicted octanol–water partition coefficient (Wildman–Crippen LogP) is 4.48. The van der Waals surface area contributed by atoms with E-state index in [2.05, 4.69) is 61.8 Å². The van der Waals surface area contributed by atoms with Crippen molar-refractivity contribution < 1.29 is 0 Å². The monoisotopic (exact) mass is 315 g/mol. The van der Waals surface area contributed by atoms with Gasteiger partial charge >= 0.3 is 0 Å². The summed E-state index contributed by atoms with van der Waals surface area (Å²) in [5, 5.41) is 0.628. The lowest BCUT2D eigenvalue weighted by molar-refractivity contribution is 0.641. The van der Waals surface area contributed by atoms with Crippen LogP contribution < -0.4 is 5.73 Å². The Morgan fingerprint density at radius 3 is 2.41 bits per heavy atom. The molecular formula is C14H22BrNS. The van der Waals surface area contributed by atoms with Gasteiger partial charge in [0.25, 0.3) is 0 Å². The molecule has 0 aliphatic rings. The first kappa shape index (κ1) is 15.1. The summed E-state index contributed by atoms with van der Waals surface area (Å²) in [7, 11) is 0. The molecule has 0 bridgehead atoms. The fourth-order valence-corrected chi connectivity index (χ4v) is 3.03. The Morgan fingerprint density at radius 2 is 1.88 bits per heavy atom. The van der Waals surface area contributed by atoms with Crippen LogP contribution >= 0.6 is 27.7 Å². The maximum absolute atomic E-state index is 5.91. The molecule has 3 heteroatoms. The van der Waals surface area contributed by atoms with Crippen LogP contribution in [0.3, 0.4) is 0 Å². The molecule has 17 heavy (non-hydrogen) atoms. The highest BCUT2D eigenvalue weighted by atomic mass is 79.9. The molecule has 0 radical (unpaired) electrons. The third-order valence-electron chi connectivity index (χ3n) is 2.82. The Hall–Kier alpha value is 0.01000. The van der Waals surface area contributed by atoms with Crippen molar-refractivity contribution in [3.05, 3.63) is 28.2 Å². The zero-order valence-corrected chi connectivity index (χ0v) is 13.4.